The highest BCUT2D eigenvalue weighted by atomic mass is 32.1. The molecule has 0 aliphatic carbocycles. The number of aromatic nitrogens is 1. The molecule has 0 fully saturated rings. The van der Waals surface area contributed by atoms with Crippen molar-refractivity contribution in [1.29, 1.82) is 0 Å². The quantitative estimate of drug-likeness (QED) is 0.708. The zero-order valence-corrected chi connectivity index (χ0v) is 15.5. The van der Waals surface area contributed by atoms with Crippen LogP contribution in [0, 0.1) is 5.82 Å². The SMILES string of the molecule is CN(CC(=O)Nc1cccc(F)c1)C(=O)Cc1csc(-c2ccccc2)n1. The van der Waals surface area contributed by atoms with E-state index in [0.717, 1.165) is 10.6 Å². The van der Waals surface area contributed by atoms with E-state index in [-0.39, 0.29) is 24.8 Å². The Balaban J connectivity index is 1.55. The number of amides is 2. The molecule has 0 aliphatic rings. The van der Waals surface area contributed by atoms with Crippen LogP contribution in [0.4, 0.5) is 10.1 Å². The zero-order chi connectivity index (χ0) is 19.2. The Labute approximate surface area is 160 Å². The van der Waals surface area contributed by atoms with E-state index in [1.165, 1.54) is 34.4 Å². The molecule has 1 N–H and O–H groups in total. The fourth-order valence-electron chi connectivity index (χ4n) is 2.46. The van der Waals surface area contributed by atoms with Crippen LogP contribution in [-0.4, -0.2) is 35.3 Å². The molecule has 27 heavy (non-hydrogen) atoms. The molecule has 2 aromatic carbocycles. The standard InChI is InChI=1S/C20H18FN3O2S/c1-24(12-18(25)22-16-9-5-8-15(21)10-16)19(26)11-17-13-27-20(23-17)14-6-3-2-4-7-14/h2-10,13H,11-12H2,1H3,(H,22,25). The van der Waals surface area contributed by atoms with Crippen LogP contribution in [0.25, 0.3) is 10.6 Å². The van der Waals surface area contributed by atoms with Gasteiger partial charge in [-0.25, -0.2) is 9.37 Å². The van der Waals surface area contributed by atoms with Gasteiger partial charge in [-0.2, -0.15) is 0 Å². The zero-order valence-electron chi connectivity index (χ0n) is 14.7. The first kappa shape index (κ1) is 18.7. The van der Waals surface area contributed by atoms with Crippen LogP contribution in [0.15, 0.2) is 60.0 Å². The lowest BCUT2D eigenvalue weighted by atomic mass is 10.2. The van der Waals surface area contributed by atoms with Crippen LogP contribution >= 0.6 is 11.3 Å². The fraction of sp³-hybridized carbons (Fsp3) is 0.150. The molecular weight excluding hydrogens is 365 g/mol. The lowest BCUT2D eigenvalue weighted by molar-refractivity contribution is -0.132. The Bertz CT molecular complexity index is 943. The molecule has 138 valence electrons. The molecule has 1 heterocycles. The van der Waals surface area contributed by atoms with Gasteiger partial charge in [-0.1, -0.05) is 36.4 Å². The predicted octanol–water partition coefficient (Wildman–Crippen LogP) is 3.59. The minimum absolute atomic E-state index is 0.118. The van der Waals surface area contributed by atoms with Crippen molar-refractivity contribution in [3.63, 3.8) is 0 Å². The highest BCUT2D eigenvalue weighted by Gasteiger charge is 2.16. The second kappa shape index (κ2) is 8.55. The number of likely N-dealkylation sites (N-methyl/N-ethyl adjacent to an activating group) is 1. The molecule has 0 saturated heterocycles. The molecule has 0 atom stereocenters. The number of rotatable bonds is 6. The van der Waals surface area contributed by atoms with Crippen LogP contribution < -0.4 is 5.32 Å². The van der Waals surface area contributed by atoms with Crippen LogP contribution in [-0.2, 0) is 16.0 Å². The van der Waals surface area contributed by atoms with Gasteiger partial charge in [0.25, 0.3) is 0 Å². The Hall–Kier alpha value is -3.06. The summed E-state index contributed by atoms with van der Waals surface area (Å²) in [6, 6.07) is 15.4. The van der Waals surface area contributed by atoms with Crippen LogP contribution in [0.2, 0.25) is 0 Å². The molecule has 1 aromatic heterocycles. The molecule has 5 nitrogen and oxygen atoms in total. The molecular formula is C20H18FN3O2S. The van der Waals surface area contributed by atoms with Crippen LogP contribution in [0.1, 0.15) is 5.69 Å². The van der Waals surface area contributed by atoms with Crippen molar-refractivity contribution in [2.75, 3.05) is 18.9 Å². The number of nitrogens with one attached hydrogen (secondary N) is 1. The smallest absolute Gasteiger partial charge is 0.243 e. The number of thiazole rings is 1. The molecule has 3 rings (SSSR count). The molecule has 0 radical (unpaired) electrons. The molecule has 7 heteroatoms. The monoisotopic (exact) mass is 383 g/mol. The Morgan fingerprint density at radius 1 is 1.15 bits per heavy atom. The van der Waals surface area contributed by atoms with Gasteiger partial charge < -0.3 is 10.2 Å². The Kier molecular flexibility index (Phi) is 5.93. The largest absolute Gasteiger partial charge is 0.336 e. The summed E-state index contributed by atoms with van der Waals surface area (Å²) in [4.78, 5) is 30.2. The number of halogens is 1. The van der Waals surface area contributed by atoms with E-state index in [1.54, 1.807) is 13.1 Å². The van der Waals surface area contributed by atoms with Crippen molar-refractivity contribution in [2.45, 2.75) is 6.42 Å². The van der Waals surface area contributed by atoms with Crippen LogP contribution in [0.3, 0.4) is 0 Å². The summed E-state index contributed by atoms with van der Waals surface area (Å²) < 4.78 is 13.2. The van der Waals surface area contributed by atoms with Crippen molar-refractivity contribution >= 4 is 28.8 Å². The van der Waals surface area contributed by atoms with Crippen molar-refractivity contribution < 1.29 is 14.0 Å². The van der Waals surface area contributed by atoms with Crippen molar-refractivity contribution in [1.82, 2.24) is 9.88 Å². The molecule has 0 aliphatic heterocycles. The second-order valence-electron chi connectivity index (χ2n) is 6.00. The summed E-state index contributed by atoms with van der Waals surface area (Å²) in [5.41, 5.74) is 2.03. The lowest BCUT2D eigenvalue weighted by Gasteiger charge is -2.16. The summed E-state index contributed by atoms with van der Waals surface area (Å²) >= 11 is 1.48. The molecule has 0 unspecified atom stereocenters. The molecule has 3 aromatic rings. The van der Waals surface area contributed by atoms with E-state index >= 15 is 0 Å². The normalized spacial score (nSPS) is 10.4. The first-order valence-electron chi connectivity index (χ1n) is 8.30. The predicted molar refractivity (Wildman–Crippen MR) is 104 cm³/mol. The topological polar surface area (TPSA) is 62.3 Å². The minimum atomic E-state index is -0.435. The summed E-state index contributed by atoms with van der Waals surface area (Å²) in [5.74, 6) is -1.04. The van der Waals surface area contributed by atoms with Crippen LogP contribution in [0.5, 0.6) is 0 Å². The van der Waals surface area contributed by atoms with Gasteiger partial charge in [-0.05, 0) is 18.2 Å². The lowest BCUT2D eigenvalue weighted by Crippen LogP contribution is -2.35. The second-order valence-corrected chi connectivity index (χ2v) is 6.85. The first-order chi connectivity index (χ1) is 13.0. The van der Waals surface area contributed by atoms with Gasteiger partial charge >= 0.3 is 0 Å². The molecule has 2 amide bonds. The maximum atomic E-state index is 13.2. The molecule has 0 saturated carbocycles. The number of carbonyl (C=O) groups is 2. The van der Waals surface area contributed by atoms with Crippen molar-refractivity contribution in [3.8, 4) is 10.6 Å². The Morgan fingerprint density at radius 3 is 2.67 bits per heavy atom. The number of anilines is 1. The van der Waals surface area contributed by atoms with E-state index in [1.807, 2.05) is 35.7 Å². The minimum Gasteiger partial charge on any atom is -0.336 e. The number of benzene rings is 2. The molecule has 0 bridgehead atoms. The molecule has 0 spiro atoms. The van der Waals surface area contributed by atoms with E-state index in [4.69, 9.17) is 0 Å². The van der Waals surface area contributed by atoms with Gasteiger partial charge in [0.2, 0.25) is 11.8 Å². The summed E-state index contributed by atoms with van der Waals surface area (Å²) in [6.45, 7) is -0.120. The number of carbonyl (C=O) groups excluding carboxylic acids is 2. The highest BCUT2D eigenvalue weighted by molar-refractivity contribution is 7.13. The van der Waals surface area contributed by atoms with E-state index in [0.29, 0.717) is 11.4 Å². The maximum Gasteiger partial charge on any atom is 0.243 e. The highest BCUT2D eigenvalue weighted by Crippen LogP contribution is 2.23. The van der Waals surface area contributed by atoms with E-state index in [2.05, 4.69) is 10.3 Å². The van der Waals surface area contributed by atoms with E-state index in [9.17, 15) is 14.0 Å². The number of nitrogens with zero attached hydrogens (tertiary/aromatic N) is 2. The average Bonchev–Trinajstić information content (AvgIpc) is 3.11. The van der Waals surface area contributed by atoms with Gasteiger partial charge in [0.1, 0.15) is 10.8 Å². The summed E-state index contributed by atoms with van der Waals surface area (Å²) in [7, 11) is 1.55. The van der Waals surface area contributed by atoms with Gasteiger partial charge in [-0.3, -0.25) is 9.59 Å². The van der Waals surface area contributed by atoms with Gasteiger partial charge in [0.05, 0.1) is 18.7 Å². The van der Waals surface area contributed by atoms with Gasteiger partial charge in [-0.15, -0.1) is 11.3 Å². The van der Waals surface area contributed by atoms with Crippen molar-refractivity contribution in [3.05, 3.63) is 71.5 Å². The van der Waals surface area contributed by atoms with Crippen molar-refractivity contribution in [2.24, 2.45) is 0 Å². The third kappa shape index (κ3) is 5.21. The maximum absolute atomic E-state index is 13.2. The van der Waals surface area contributed by atoms with Gasteiger partial charge in [0.15, 0.2) is 0 Å². The average molecular weight is 383 g/mol. The third-order valence-corrected chi connectivity index (χ3v) is 4.76. The fourth-order valence-corrected chi connectivity index (χ4v) is 3.29. The first-order valence-corrected chi connectivity index (χ1v) is 9.18. The number of hydrogen-bond donors (Lipinski definition) is 1. The Morgan fingerprint density at radius 2 is 1.93 bits per heavy atom. The van der Waals surface area contributed by atoms with Gasteiger partial charge in [0, 0.05) is 23.7 Å². The van der Waals surface area contributed by atoms with E-state index < -0.39 is 5.82 Å². The number of hydrogen-bond acceptors (Lipinski definition) is 4. The summed E-state index contributed by atoms with van der Waals surface area (Å²) in [6.07, 6.45) is 0.118. The summed E-state index contributed by atoms with van der Waals surface area (Å²) in [5, 5.41) is 5.27. The third-order valence-electron chi connectivity index (χ3n) is 3.82.